The van der Waals surface area contributed by atoms with Gasteiger partial charge >= 0.3 is 6.01 Å². The van der Waals surface area contributed by atoms with Gasteiger partial charge in [0.15, 0.2) is 5.83 Å². The number of hydrogen-bond donors (Lipinski definition) is 0. The van der Waals surface area contributed by atoms with Crippen LogP contribution in [-0.4, -0.2) is 77.6 Å². The largest absolute Gasteiger partial charge is 0.462 e. The molecule has 1 amide bonds. The minimum absolute atomic E-state index is 0.0840. The molecule has 3 aromatic rings. The molecule has 1 aromatic heterocycles. The Hall–Kier alpha value is -4.03. The fourth-order valence-electron chi connectivity index (χ4n) is 7.47. The number of halogens is 1. The van der Waals surface area contributed by atoms with Gasteiger partial charge in [-0.15, -0.1) is 0 Å². The van der Waals surface area contributed by atoms with Crippen LogP contribution in [0.15, 0.2) is 48.8 Å². The molecule has 1 spiro atoms. The predicted octanol–water partition coefficient (Wildman–Crippen LogP) is 5.16. The van der Waals surface area contributed by atoms with E-state index < -0.39 is 17.8 Å². The van der Waals surface area contributed by atoms with Crippen LogP contribution in [0.3, 0.4) is 0 Å². The van der Waals surface area contributed by atoms with Crippen molar-refractivity contribution < 1.29 is 13.9 Å². The molecule has 3 fully saturated rings. The molecule has 2 aliphatic heterocycles. The topological polar surface area (TPSA) is 85.6 Å². The summed E-state index contributed by atoms with van der Waals surface area (Å²) >= 11 is 0. The van der Waals surface area contributed by atoms with E-state index >= 15 is 0 Å². The molecule has 0 bridgehead atoms. The number of anilines is 1. The quantitative estimate of drug-likeness (QED) is 0.357. The number of benzene rings is 2. The zero-order valence-electron chi connectivity index (χ0n) is 24.7. The van der Waals surface area contributed by atoms with Gasteiger partial charge in [-0.05, 0) is 91.9 Å². The van der Waals surface area contributed by atoms with Crippen molar-refractivity contribution in [2.75, 3.05) is 44.7 Å². The Morgan fingerprint density at radius 3 is 2.77 bits per heavy atom. The molecule has 0 radical (unpaired) electrons. The fourth-order valence-corrected chi connectivity index (χ4v) is 7.47. The number of rotatable bonds is 7. The average molecular weight is 581 g/mol. The van der Waals surface area contributed by atoms with Crippen LogP contribution in [0.2, 0.25) is 0 Å². The van der Waals surface area contributed by atoms with Crippen LogP contribution in [0.25, 0.3) is 22.0 Å². The maximum atomic E-state index is 13.8. The zero-order valence-corrected chi connectivity index (χ0v) is 24.7. The van der Waals surface area contributed by atoms with Gasteiger partial charge in [0.2, 0.25) is 0 Å². The molecule has 2 aliphatic carbocycles. The van der Waals surface area contributed by atoms with Gasteiger partial charge in [-0.1, -0.05) is 30.8 Å². The summed E-state index contributed by atoms with van der Waals surface area (Å²) in [7, 11) is 2.12. The van der Waals surface area contributed by atoms with Gasteiger partial charge in [-0.2, -0.15) is 15.2 Å². The highest BCUT2D eigenvalue weighted by Gasteiger charge is 2.48. The maximum absolute atomic E-state index is 13.8. The van der Waals surface area contributed by atoms with Crippen molar-refractivity contribution in [1.29, 1.82) is 5.26 Å². The Morgan fingerprint density at radius 2 is 2.02 bits per heavy atom. The minimum Gasteiger partial charge on any atom is -0.462 e. The Bertz CT molecular complexity index is 1650. The third-order valence-corrected chi connectivity index (χ3v) is 10.1. The number of amides is 1. The Kier molecular flexibility index (Phi) is 7.05. The average Bonchev–Trinajstić information content (AvgIpc) is 3.55. The maximum Gasteiger partial charge on any atom is 0.319 e. The van der Waals surface area contributed by atoms with Gasteiger partial charge in [-0.25, -0.2) is 4.39 Å². The SMILES string of the molecule is C=C(F)C(=O)N1CCN(c2nc(OC[C@@H]3CCCN3C)nc3cc(-c4cccc5c4CCC54CC4)ccc23)C[C@@H]1CC#N. The van der Waals surface area contributed by atoms with E-state index in [1.165, 1.54) is 40.9 Å². The normalized spacial score (nSPS) is 22.5. The van der Waals surface area contributed by atoms with E-state index in [-0.39, 0.29) is 13.0 Å². The number of nitriles is 1. The van der Waals surface area contributed by atoms with Crippen LogP contribution >= 0.6 is 0 Å². The van der Waals surface area contributed by atoms with E-state index in [0.29, 0.717) is 43.0 Å². The molecule has 7 rings (SSSR count). The van der Waals surface area contributed by atoms with Crippen molar-refractivity contribution in [2.45, 2.75) is 62.4 Å². The summed E-state index contributed by atoms with van der Waals surface area (Å²) in [5.41, 5.74) is 6.58. The van der Waals surface area contributed by atoms with Gasteiger partial charge in [0, 0.05) is 31.1 Å². The van der Waals surface area contributed by atoms with E-state index in [4.69, 9.17) is 14.7 Å². The smallest absolute Gasteiger partial charge is 0.319 e. The van der Waals surface area contributed by atoms with E-state index in [9.17, 15) is 14.4 Å². The first kappa shape index (κ1) is 27.8. The summed E-state index contributed by atoms with van der Waals surface area (Å²) < 4.78 is 20.1. The highest BCUT2D eigenvalue weighted by Crippen LogP contribution is 2.58. The molecule has 8 nitrogen and oxygen atoms in total. The number of aromatic nitrogens is 2. The van der Waals surface area contributed by atoms with Crippen molar-refractivity contribution in [3.05, 3.63) is 59.9 Å². The lowest BCUT2D eigenvalue weighted by Gasteiger charge is -2.41. The number of carbonyl (C=O) groups is 1. The van der Waals surface area contributed by atoms with Crippen molar-refractivity contribution >= 4 is 22.6 Å². The first-order chi connectivity index (χ1) is 20.9. The lowest BCUT2D eigenvalue weighted by atomic mass is 9.93. The Labute approximate surface area is 251 Å². The molecular weight excluding hydrogens is 543 g/mol. The minimum atomic E-state index is -1.01. The van der Waals surface area contributed by atoms with Gasteiger partial charge in [0.25, 0.3) is 5.91 Å². The van der Waals surface area contributed by atoms with Gasteiger partial charge in [0.1, 0.15) is 12.4 Å². The lowest BCUT2D eigenvalue weighted by Crippen LogP contribution is -2.55. The molecule has 0 N–H and O–H groups in total. The van der Waals surface area contributed by atoms with Crippen LogP contribution < -0.4 is 9.64 Å². The van der Waals surface area contributed by atoms with Crippen molar-refractivity contribution in [3.8, 4) is 23.2 Å². The number of piperazine rings is 1. The summed E-state index contributed by atoms with van der Waals surface area (Å²) in [5, 5.41) is 10.4. The summed E-state index contributed by atoms with van der Waals surface area (Å²) in [6.45, 7) is 5.79. The van der Waals surface area contributed by atoms with Crippen LogP contribution in [0.4, 0.5) is 10.2 Å². The number of fused-ring (bicyclic) bond motifs is 3. The number of ether oxygens (including phenoxy) is 1. The van der Waals surface area contributed by atoms with E-state index in [0.717, 1.165) is 42.3 Å². The molecule has 3 heterocycles. The first-order valence-electron chi connectivity index (χ1n) is 15.4. The van der Waals surface area contributed by atoms with Gasteiger partial charge < -0.3 is 19.4 Å². The molecule has 2 saturated heterocycles. The summed E-state index contributed by atoms with van der Waals surface area (Å²) in [4.78, 5) is 28.1. The van der Waals surface area contributed by atoms with Crippen molar-refractivity contribution in [2.24, 2.45) is 0 Å². The number of likely N-dealkylation sites (tertiary alicyclic amines) is 1. The van der Waals surface area contributed by atoms with E-state index in [1.807, 2.05) is 0 Å². The molecule has 2 aromatic carbocycles. The Balaban J connectivity index is 1.26. The van der Waals surface area contributed by atoms with Gasteiger partial charge in [-0.3, -0.25) is 4.79 Å². The fraction of sp³-hybridized carbons (Fsp3) is 0.471. The molecule has 0 unspecified atom stereocenters. The second kappa shape index (κ2) is 10.9. The third kappa shape index (κ3) is 5.02. The summed E-state index contributed by atoms with van der Waals surface area (Å²) in [6, 6.07) is 15.4. The van der Waals surface area contributed by atoms with Crippen molar-refractivity contribution in [3.63, 3.8) is 0 Å². The summed E-state index contributed by atoms with van der Waals surface area (Å²) in [6.07, 6.45) is 7.24. The highest BCUT2D eigenvalue weighted by molar-refractivity contribution is 5.94. The molecule has 4 aliphatic rings. The molecule has 1 saturated carbocycles. The number of likely N-dealkylation sites (N-methyl/N-ethyl adjacent to an activating group) is 1. The van der Waals surface area contributed by atoms with Gasteiger partial charge in [0.05, 0.1) is 24.0 Å². The molecular formula is C34H37FN6O2. The number of carbonyl (C=O) groups excluding carboxylic acids is 1. The van der Waals surface area contributed by atoms with Crippen LogP contribution in [-0.2, 0) is 16.6 Å². The first-order valence-corrected chi connectivity index (χ1v) is 15.4. The number of nitrogens with zero attached hydrogens (tertiary/aromatic N) is 6. The molecule has 2 atom stereocenters. The lowest BCUT2D eigenvalue weighted by molar-refractivity contribution is -0.131. The third-order valence-electron chi connectivity index (χ3n) is 10.1. The standard InChI is InChI=1S/C34H37FN6O2/c1-22(35)32(42)41-18-17-40(20-24(41)11-15-36)31-28-9-8-23(26-6-3-7-29-27(26)10-12-34(29)13-14-34)19-30(28)37-33(38-31)43-21-25-5-4-16-39(25)2/h3,6-9,19,24-25H,1,4-5,10-14,16-18,20-21H2,2H3/t24-,25-/m0/s1. The second-order valence-corrected chi connectivity index (χ2v) is 12.6. The highest BCUT2D eigenvalue weighted by atomic mass is 19.1. The molecule has 222 valence electrons. The Morgan fingerprint density at radius 1 is 1.16 bits per heavy atom. The second-order valence-electron chi connectivity index (χ2n) is 12.6. The molecule has 9 heteroatoms. The molecule has 43 heavy (non-hydrogen) atoms. The van der Waals surface area contributed by atoms with Crippen molar-refractivity contribution in [1.82, 2.24) is 19.8 Å². The van der Waals surface area contributed by atoms with Crippen LogP contribution in [0.1, 0.15) is 49.7 Å². The van der Waals surface area contributed by atoms with Crippen LogP contribution in [0.5, 0.6) is 6.01 Å². The predicted molar refractivity (Wildman–Crippen MR) is 164 cm³/mol. The van der Waals surface area contributed by atoms with E-state index in [1.54, 1.807) is 0 Å². The monoisotopic (exact) mass is 580 g/mol. The number of hydrogen-bond acceptors (Lipinski definition) is 7. The van der Waals surface area contributed by atoms with E-state index in [2.05, 4.69) is 65.9 Å². The zero-order chi connectivity index (χ0) is 29.7. The van der Waals surface area contributed by atoms with Crippen LogP contribution in [0, 0.1) is 11.3 Å². The summed E-state index contributed by atoms with van der Waals surface area (Å²) in [5.74, 6) is -1.06.